The highest BCUT2D eigenvalue weighted by Crippen LogP contribution is 2.43. The van der Waals surface area contributed by atoms with Crippen molar-refractivity contribution in [1.82, 2.24) is 4.98 Å². The Morgan fingerprint density at radius 1 is 1.25 bits per heavy atom. The van der Waals surface area contributed by atoms with Crippen LogP contribution in [-0.2, 0) is 0 Å². The molecule has 0 aliphatic heterocycles. The van der Waals surface area contributed by atoms with Gasteiger partial charge in [-0.25, -0.2) is 0 Å². The SMILES string of the molecule is NCC1c2cc(Cl)ccc2-c2ncccc21. The molecule has 3 rings (SSSR count). The molecule has 1 aliphatic rings. The minimum atomic E-state index is 0.234. The van der Waals surface area contributed by atoms with E-state index in [0.29, 0.717) is 6.54 Å². The molecular formula is C13H11ClN2. The van der Waals surface area contributed by atoms with Gasteiger partial charge in [0.2, 0.25) is 0 Å². The second-order valence-corrected chi connectivity index (χ2v) is 4.40. The molecule has 0 spiro atoms. The third kappa shape index (κ3) is 1.27. The van der Waals surface area contributed by atoms with Crippen molar-refractivity contribution < 1.29 is 0 Å². The fourth-order valence-electron chi connectivity index (χ4n) is 2.38. The summed E-state index contributed by atoms with van der Waals surface area (Å²) in [4.78, 5) is 4.43. The van der Waals surface area contributed by atoms with E-state index in [1.807, 2.05) is 30.5 Å². The van der Waals surface area contributed by atoms with Gasteiger partial charge in [0.05, 0.1) is 5.69 Å². The predicted octanol–water partition coefficient (Wildman–Crippen LogP) is 2.81. The van der Waals surface area contributed by atoms with E-state index in [0.717, 1.165) is 16.3 Å². The van der Waals surface area contributed by atoms with Crippen molar-refractivity contribution in [3.63, 3.8) is 0 Å². The number of nitrogens with two attached hydrogens (primary N) is 1. The summed E-state index contributed by atoms with van der Waals surface area (Å²) in [6, 6.07) is 9.97. The number of benzene rings is 1. The highest BCUT2D eigenvalue weighted by atomic mass is 35.5. The van der Waals surface area contributed by atoms with Crippen LogP contribution < -0.4 is 5.73 Å². The lowest BCUT2D eigenvalue weighted by atomic mass is 9.98. The second kappa shape index (κ2) is 3.58. The Morgan fingerprint density at radius 2 is 2.12 bits per heavy atom. The van der Waals surface area contributed by atoms with Gasteiger partial charge in [0.25, 0.3) is 0 Å². The quantitative estimate of drug-likeness (QED) is 0.818. The highest BCUT2D eigenvalue weighted by molar-refractivity contribution is 6.30. The molecule has 16 heavy (non-hydrogen) atoms. The smallest absolute Gasteiger partial charge is 0.0743 e. The number of aromatic nitrogens is 1. The Balaban J connectivity index is 2.29. The second-order valence-electron chi connectivity index (χ2n) is 3.96. The van der Waals surface area contributed by atoms with E-state index in [4.69, 9.17) is 17.3 Å². The number of pyridine rings is 1. The molecule has 2 N–H and O–H groups in total. The largest absolute Gasteiger partial charge is 0.330 e. The number of rotatable bonds is 1. The van der Waals surface area contributed by atoms with Gasteiger partial charge in [-0.05, 0) is 29.3 Å². The average molecular weight is 231 g/mol. The number of hydrogen-bond donors (Lipinski definition) is 1. The van der Waals surface area contributed by atoms with E-state index in [9.17, 15) is 0 Å². The molecule has 0 amide bonds. The maximum Gasteiger partial charge on any atom is 0.0743 e. The maximum atomic E-state index is 6.03. The van der Waals surface area contributed by atoms with Gasteiger partial charge < -0.3 is 5.73 Å². The van der Waals surface area contributed by atoms with Gasteiger partial charge in [-0.3, -0.25) is 4.98 Å². The zero-order valence-electron chi connectivity index (χ0n) is 8.65. The molecule has 1 atom stereocenters. The van der Waals surface area contributed by atoms with Crippen molar-refractivity contribution in [3.05, 3.63) is 52.7 Å². The Morgan fingerprint density at radius 3 is 2.94 bits per heavy atom. The summed E-state index contributed by atoms with van der Waals surface area (Å²) in [6.45, 7) is 0.589. The number of fused-ring (bicyclic) bond motifs is 3. The van der Waals surface area contributed by atoms with Crippen molar-refractivity contribution >= 4 is 11.6 Å². The van der Waals surface area contributed by atoms with Crippen molar-refractivity contribution in [3.8, 4) is 11.3 Å². The van der Waals surface area contributed by atoms with Crippen molar-refractivity contribution in [2.45, 2.75) is 5.92 Å². The zero-order chi connectivity index (χ0) is 11.1. The first-order valence-electron chi connectivity index (χ1n) is 5.26. The molecule has 1 unspecified atom stereocenters. The van der Waals surface area contributed by atoms with Crippen LogP contribution in [0, 0.1) is 0 Å². The van der Waals surface area contributed by atoms with Gasteiger partial charge in [0, 0.05) is 29.2 Å². The number of nitrogens with zero attached hydrogens (tertiary/aromatic N) is 1. The maximum absolute atomic E-state index is 6.03. The van der Waals surface area contributed by atoms with E-state index in [-0.39, 0.29) is 5.92 Å². The van der Waals surface area contributed by atoms with Crippen LogP contribution >= 0.6 is 11.6 Å². The molecule has 0 saturated carbocycles. The summed E-state index contributed by atoms with van der Waals surface area (Å²) < 4.78 is 0. The van der Waals surface area contributed by atoms with Gasteiger partial charge in [-0.15, -0.1) is 0 Å². The fourth-order valence-corrected chi connectivity index (χ4v) is 2.56. The highest BCUT2D eigenvalue weighted by Gasteiger charge is 2.28. The third-order valence-corrected chi connectivity index (χ3v) is 3.33. The van der Waals surface area contributed by atoms with Crippen molar-refractivity contribution in [2.75, 3.05) is 6.54 Å². The first-order chi connectivity index (χ1) is 7.81. The normalized spacial score (nSPS) is 17.0. The number of hydrogen-bond acceptors (Lipinski definition) is 2. The molecule has 1 heterocycles. The van der Waals surface area contributed by atoms with Crippen molar-refractivity contribution in [2.24, 2.45) is 5.73 Å². The molecule has 3 heteroatoms. The van der Waals surface area contributed by atoms with Crippen LogP contribution in [0.15, 0.2) is 36.5 Å². The molecule has 1 aromatic heterocycles. The van der Waals surface area contributed by atoms with E-state index >= 15 is 0 Å². The summed E-state index contributed by atoms with van der Waals surface area (Å²) >= 11 is 6.03. The summed E-state index contributed by atoms with van der Waals surface area (Å²) in [5, 5.41) is 0.755. The van der Waals surface area contributed by atoms with E-state index in [2.05, 4.69) is 11.1 Å². The lowest BCUT2D eigenvalue weighted by molar-refractivity contribution is 0.839. The molecule has 0 radical (unpaired) electrons. The first-order valence-corrected chi connectivity index (χ1v) is 5.64. The summed E-state index contributed by atoms with van der Waals surface area (Å²) in [6.07, 6.45) is 1.82. The van der Waals surface area contributed by atoms with Crippen LogP contribution in [0.1, 0.15) is 17.0 Å². The summed E-state index contributed by atoms with van der Waals surface area (Å²) in [5.41, 5.74) is 10.5. The summed E-state index contributed by atoms with van der Waals surface area (Å²) in [7, 11) is 0. The van der Waals surface area contributed by atoms with Gasteiger partial charge in [-0.1, -0.05) is 23.7 Å². The molecule has 80 valence electrons. The molecule has 1 aliphatic carbocycles. The Labute approximate surface area is 99.1 Å². The Kier molecular flexibility index (Phi) is 2.20. The van der Waals surface area contributed by atoms with Crippen LogP contribution in [0.4, 0.5) is 0 Å². The molecule has 0 fully saturated rings. The van der Waals surface area contributed by atoms with E-state index in [1.165, 1.54) is 11.1 Å². The molecular weight excluding hydrogens is 220 g/mol. The molecule has 2 nitrogen and oxygen atoms in total. The fraction of sp³-hybridized carbons (Fsp3) is 0.154. The number of halogens is 1. The standard InChI is InChI=1S/C13H11ClN2/c14-8-3-4-10-11(6-8)12(7-15)9-2-1-5-16-13(9)10/h1-6,12H,7,15H2. The van der Waals surface area contributed by atoms with Crippen LogP contribution in [0.2, 0.25) is 5.02 Å². The van der Waals surface area contributed by atoms with Crippen LogP contribution in [0.3, 0.4) is 0 Å². The zero-order valence-corrected chi connectivity index (χ0v) is 9.41. The third-order valence-electron chi connectivity index (χ3n) is 3.09. The molecule has 0 bridgehead atoms. The first kappa shape index (κ1) is 9.82. The minimum absolute atomic E-state index is 0.234. The Hall–Kier alpha value is -1.38. The predicted molar refractivity (Wildman–Crippen MR) is 65.6 cm³/mol. The van der Waals surface area contributed by atoms with Crippen molar-refractivity contribution in [1.29, 1.82) is 0 Å². The minimum Gasteiger partial charge on any atom is -0.330 e. The topological polar surface area (TPSA) is 38.9 Å². The van der Waals surface area contributed by atoms with E-state index in [1.54, 1.807) is 0 Å². The lowest BCUT2D eigenvalue weighted by Gasteiger charge is -2.09. The molecule has 2 aromatic rings. The van der Waals surface area contributed by atoms with Gasteiger partial charge >= 0.3 is 0 Å². The van der Waals surface area contributed by atoms with E-state index < -0.39 is 0 Å². The molecule has 0 saturated heterocycles. The van der Waals surface area contributed by atoms with Crippen LogP contribution in [0.5, 0.6) is 0 Å². The lowest BCUT2D eigenvalue weighted by Crippen LogP contribution is -2.11. The van der Waals surface area contributed by atoms with Gasteiger partial charge in [-0.2, -0.15) is 0 Å². The monoisotopic (exact) mass is 230 g/mol. The van der Waals surface area contributed by atoms with Crippen LogP contribution in [-0.4, -0.2) is 11.5 Å². The molecule has 1 aromatic carbocycles. The summed E-state index contributed by atoms with van der Waals surface area (Å²) in [5.74, 6) is 0.234. The van der Waals surface area contributed by atoms with Crippen LogP contribution in [0.25, 0.3) is 11.3 Å². The average Bonchev–Trinajstić information content (AvgIpc) is 2.61. The Bertz CT molecular complexity index is 551. The van der Waals surface area contributed by atoms with Gasteiger partial charge in [0.1, 0.15) is 0 Å². The van der Waals surface area contributed by atoms with Gasteiger partial charge in [0.15, 0.2) is 0 Å².